The van der Waals surface area contributed by atoms with Crippen molar-refractivity contribution in [3.63, 3.8) is 0 Å². The van der Waals surface area contributed by atoms with Crippen molar-refractivity contribution < 1.29 is 13.2 Å². The Bertz CT molecular complexity index is 896. The van der Waals surface area contributed by atoms with Crippen LogP contribution in [0.1, 0.15) is 12.0 Å². The van der Waals surface area contributed by atoms with Crippen molar-refractivity contribution in [3.8, 4) is 5.75 Å². The van der Waals surface area contributed by atoms with E-state index in [0.29, 0.717) is 10.7 Å². The fraction of sp³-hybridized carbons (Fsp3) is 0.235. The SMILES string of the molecule is COc1ccc(Cl)cc1S(=O)(=O)Nc1ccc(C2=NCCCN2)cc1. The quantitative estimate of drug-likeness (QED) is 0.837. The van der Waals surface area contributed by atoms with Gasteiger partial charge in [-0.3, -0.25) is 9.71 Å². The van der Waals surface area contributed by atoms with E-state index in [1.54, 1.807) is 18.2 Å². The predicted molar refractivity (Wildman–Crippen MR) is 99.3 cm³/mol. The van der Waals surface area contributed by atoms with Crippen molar-refractivity contribution in [3.05, 3.63) is 53.1 Å². The summed E-state index contributed by atoms with van der Waals surface area (Å²) < 4.78 is 32.9. The summed E-state index contributed by atoms with van der Waals surface area (Å²) in [5.41, 5.74) is 1.37. The van der Waals surface area contributed by atoms with E-state index >= 15 is 0 Å². The summed E-state index contributed by atoms with van der Waals surface area (Å²) in [7, 11) is -2.41. The van der Waals surface area contributed by atoms with Gasteiger partial charge in [-0.05, 0) is 48.9 Å². The number of rotatable bonds is 5. The molecule has 1 aliphatic rings. The van der Waals surface area contributed by atoms with E-state index in [1.165, 1.54) is 19.2 Å². The Balaban J connectivity index is 1.84. The molecule has 8 heteroatoms. The molecule has 0 amide bonds. The topological polar surface area (TPSA) is 79.8 Å². The van der Waals surface area contributed by atoms with Crippen LogP contribution in [0.3, 0.4) is 0 Å². The fourth-order valence-corrected chi connectivity index (χ4v) is 3.98. The smallest absolute Gasteiger partial charge is 0.265 e. The first-order valence-corrected chi connectivity index (χ1v) is 9.61. The van der Waals surface area contributed by atoms with Gasteiger partial charge in [0.25, 0.3) is 10.0 Å². The largest absolute Gasteiger partial charge is 0.495 e. The van der Waals surface area contributed by atoms with Crippen molar-refractivity contribution in [2.24, 2.45) is 4.99 Å². The second kappa shape index (κ2) is 7.33. The van der Waals surface area contributed by atoms with Crippen LogP contribution in [0.25, 0.3) is 0 Å². The molecule has 2 aromatic carbocycles. The van der Waals surface area contributed by atoms with Gasteiger partial charge in [0, 0.05) is 29.4 Å². The number of benzene rings is 2. The number of anilines is 1. The van der Waals surface area contributed by atoms with Gasteiger partial charge < -0.3 is 10.1 Å². The van der Waals surface area contributed by atoms with Crippen molar-refractivity contribution in [2.45, 2.75) is 11.3 Å². The van der Waals surface area contributed by atoms with Crippen LogP contribution in [0.15, 0.2) is 52.4 Å². The number of hydrogen-bond acceptors (Lipinski definition) is 5. The molecule has 1 heterocycles. The van der Waals surface area contributed by atoms with Gasteiger partial charge in [-0.15, -0.1) is 0 Å². The Morgan fingerprint density at radius 3 is 2.60 bits per heavy atom. The summed E-state index contributed by atoms with van der Waals surface area (Å²) in [4.78, 5) is 4.41. The molecule has 0 aliphatic carbocycles. The number of hydrogen-bond donors (Lipinski definition) is 2. The molecular weight excluding hydrogens is 362 g/mol. The summed E-state index contributed by atoms with van der Waals surface area (Å²) in [6.45, 7) is 1.69. The second-order valence-corrected chi connectivity index (χ2v) is 7.58. The number of nitrogens with zero attached hydrogens (tertiary/aromatic N) is 1. The molecule has 0 radical (unpaired) electrons. The number of methoxy groups -OCH3 is 1. The molecule has 6 nitrogen and oxygen atoms in total. The van der Waals surface area contributed by atoms with Gasteiger partial charge in [-0.25, -0.2) is 8.42 Å². The second-order valence-electron chi connectivity index (χ2n) is 5.49. The molecule has 2 aromatic rings. The monoisotopic (exact) mass is 379 g/mol. The number of amidine groups is 1. The van der Waals surface area contributed by atoms with Gasteiger partial charge >= 0.3 is 0 Å². The van der Waals surface area contributed by atoms with Gasteiger partial charge in [0.2, 0.25) is 0 Å². The lowest BCUT2D eigenvalue weighted by Gasteiger charge is -2.15. The molecule has 0 aromatic heterocycles. The lowest BCUT2D eigenvalue weighted by molar-refractivity contribution is 0.403. The van der Waals surface area contributed by atoms with Crippen molar-refractivity contribution in [1.29, 1.82) is 0 Å². The molecule has 0 bridgehead atoms. The van der Waals surface area contributed by atoms with Crippen molar-refractivity contribution in [1.82, 2.24) is 5.32 Å². The van der Waals surface area contributed by atoms with Crippen LogP contribution in [-0.2, 0) is 10.0 Å². The molecule has 0 spiro atoms. The molecule has 3 rings (SSSR count). The molecule has 0 atom stereocenters. The zero-order valence-electron chi connectivity index (χ0n) is 13.6. The first-order valence-electron chi connectivity index (χ1n) is 7.75. The molecule has 25 heavy (non-hydrogen) atoms. The fourth-order valence-electron chi connectivity index (χ4n) is 2.49. The van der Waals surface area contributed by atoms with E-state index in [-0.39, 0.29) is 10.6 Å². The van der Waals surface area contributed by atoms with Gasteiger partial charge in [0.1, 0.15) is 16.5 Å². The molecule has 1 aliphatic heterocycles. The summed E-state index contributed by atoms with van der Waals surface area (Å²) in [5, 5.41) is 3.55. The number of halogens is 1. The highest BCUT2D eigenvalue weighted by molar-refractivity contribution is 7.92. The van der Waals surface area contributed by atoms with Gasteiger partial charge in [-0.1, -0.05) is 11.6 Å². The summed E-state index contributed by atoms with van der Waals surface area (Å²) in [5.74, 6) is 1.06. The lowest BCUT2D eigenvalue weighted by Crippen LogP contribution is -2.30. The third-order valence-electron chi connectivity index (χ3n) is 3.72. The first kappa shape index (κ1) is 17.6. The van der Waals surface area contributed by atoms with Gasteiger partial charge in [0.15, 0.2) is 0 Å². The van der Waals surface area contributed by atoms with Crippen LogP contribution in [0, 0.1) is 0 Å². The number of nitrogens with one attached hydrogen (secondary N) is 2. The maximum Gasteiger partial charge on any atom is 0.265 e. The summed E-state index contributed by atoms with van der Waals surface area (Å²) in [6, 6.07) is 11.5. The van der Waals surface area contributed by atoms with Crippen LogP contribution in [0.2, 0.25) is 5.02 Å². The van der Waals surface area contributed by atoms with E-state index in [4.69, 9.17) is 16.3 Å². The third-order valence-corrected chi connectivity index (χ3v) is 5.36. The van der Waals surface area contributed by atoms with E-state index in [1.807, 2.05) is 12.1 Å². The summed E-state index contributed by atoms with van der Waals surface area (Å²) in [6.07, 6.45) is 1.02. The highest BCUT2D eigenvalue weighted by Crippen LogP contribution is 2.28. The zero-order chi connectivity index (χ0) is 17.9. The Morgan fingerprint density at radius 1 is 1.20 bits per heavy atom. The van der Waals surface area contributed by atoms with Gasteiger partial charge in [-0.2, -0.15) is 0 Å². The molecule has 132 valence electrons. The summed E-state index contributed by atoms with van der Waals surface area (Å²) >= 11 is 5.92. The minimum absolute atomic E-state index is 0.00935. The first-order chi connectivity index (χ1) is 12.0. The van der Waals surface area contributed by atoms with Gasteiger partial charge in [0.05, 0.1) is 7.11 Å². The van der Waals surface area contributed by atoms with E-state index in [0.717, 1.165) is 30.9 Å². The molecule has 0 fully saturated rings. The van der Waals surface area contributed by atoms with Crippen LogP contribution >= 0.6 is 11.6 Å². The van der Waals surface area contributed by atoms with E-state index < -0.39 is 10.0 Å². The number of sulfonamides is 1. The molecule has 0 unspecified atom stereocenters. The van der Waals surface area contributed by atoms with Crippen LogP contribution in [0.5, 0.6) is 5.75 Å². The third kappa shape index (κ3) is 4.05. The Morgan fingerprint density at radius 2 is 1.96 bits per heavy atom. The number of aliphatic imine (C=N–C) groups is 1. The molecule has 0 saturated heterocycles. The maximum atomic E-state index is 12.6. The average molecular weight is 380 g/mol. The minimum Gasteiger partial charge on any atom is -0.495 e. The Labute approximate surface area is 151 Å². The van der Waals surface area contributed by atoms with Crippen LogP contribution < -0.4 is 14.8 Å². The molecule has 2 N–H and O–H groups in total. The number of ether oxygens (including phenoxy) is 1. The highest BCUT2D eigenvalue weighted by Gasteiger charge is 2.20. The van der Waals surface area contributed by atoms with Crippen LogP contribution in [0.4, 0.5) is 5.69 Å². The molecular formula is C17H18ClN3O3S. The van der Waals surface area contributed by atoms with E-state index in [2.05, 4.69) is 15.0 Å². The van der Waals surface area contributed by atoms with Crippen molar-refractivity contribution >= 4 is 33.1 Å². The Hall–Kier alpha value is -2.25. The minimum atomic E-state index is -3.82. The normalized spacial score (nSPS) is 14.4. The standard InChI is InChI=1S/C17H18ClN3O3S/c1-24-15-8-5-13(18)11-16(15)25(22,23)21-14-6-3-12(4-7-14)17-19-9-2-10-20-17/h3-8,11,21H,2,9-10H2,1H3,(H,19,20). The van der Waals surface area contributed by atoms with Crippen molar-refractivity contribution in [2.75, 3.05) is 24.9 Å². The highest BCUT2D eigenvalue weighted by atomic mass is 35.5. The molecule has 0 saturated carbocycles. The zero-order valence-corrected chi connectivity index (χ0v) is 15.2. The lowest BCUT2D eigenvalue weighted by atomic mass is 10.1. The van der Waals surface area contributed by atoms with Crippen LogP contribution in [-0.4, -0.2) is 34.5 Å². The predicted octanol–water partition coefficient (Wildman–Crippen LogP) is 2.89. The average Bonchev–Trinajstić information content (AvgIpc) is 2.63. The Kier molecular flexibility index (Phi) is 5.15. The van der Waals surface area contributed by atoms with E-state index in [9.17, 15) is 8.42 Å². The maximum absolute atomic E-state index is 12.6.